The fourth-order valence-corrected chi connectivity index (χ4v) is 2.78. The van der Waals surface area contributed by atoms with Crippen molar-refractivity contribution in [2.24, 2.45) is 0 Å². The molecule has 0 radical (unpaired) electrons. The van der Waals surface area contributed by atoms with Crippen LogP contribution in [0.15, 0.2) is 30.3 Å². The van der Waals surface area contributed by atoms with Crippen LogP contribution in [0.25, 0.3) is 22.4 Å². The van der Waals surface area contributed by atoms with Crippen molar-refractivity contribution < 1.29 is 9.66 Å². The number of hydrogen-bond donors (Lipinski definition) is 1. The van der Waals surface area contributed by atoms with E-state index >= 15 is 0 Å². The maximum absolute atomic E-state index is 10.8. The minimum Gasteiger partial charge on any atom is -0.494 e. The highest BCUT2D eigenvalue weighted by molar-refractivity contribution is 6.37. The maximum atomic E-state index is 10.8. The van der Waals surface area contributed by atoms with Crippen LogP contribution in [0, 0.1) is 10.1 Å². The number of methoxy groups -OCH3 is 1. The van der Waals surface area contributed by atoms with Gasteiger partial charge in [0, 0.05) is 17.7 Å². The zero-order valence-corrected chi connectivity index (χ0v) is 12.8. The van der Waals surface area contributed by atoms with Crippen LogP contribution >= 0.6 is 23.2 Å². The van der Waals surface area contributed by atoms with Gasteiger partial charge in [-0.3, -0.25) is 10.1 Å². The predicted molar refractivity (Wildman–Crippen MR) is 84.8 cm³/mol. The van der Waals surface area contributed by atoms with Crippen LogP contribution in [0.2, 0.25) is 10.0 Å². The molecule has 3 rings (SSSR count). The molecule has 1 aromatic heterocycles. The number of non-ortho nitro benzene ring substituents is 1. The van der Waals surface area contributed by atoms with E-state index in [1.54, 1.807) is 18.2 Å². The van der Waals surface area contributed by atoms with Crippen LogP contribution in [0.5, 0.6) is 5.75 Å². The summed E-state index contributed by atoms with van der Waals surface area (Å²) in [5, 5.41) is 11.5. The largest absolute Gasteiger partial charge is 0.494 e. The molecule has 2 aromatic carbocycles. The molecule has 0 spiro atoms. The van der Waals surface area contributed by atoms with Crippen molar-refractivity contribution in [1.29, 1.82) is 0 Å². The molecule has 22 heavy (non-hydrogen) atoms. The molecule has 0 aliphatic rings. The number of nitrogens with one attached hydrogen (secondary N) is 1. The van der Waals surface area contributed by atoms with Crippen LogP contribution < -0.4 is 4.74 Å². The lowest BCUT2D eigenvalue weighted by atomic mass is 10.2. The first-order chi connectivity index (χ1) is 10.5. The highest BCUT2D eigenvalue weighted by Crippen LogP contribution is 2.37. The summed E-state index contributed by atoms with van der Waals surface area (Å²) in [4.78, 5) is 17.8. The molecule has 0 aliphatic heterocycles. The van der Waals surface area contributed by atoms with Gasteiger partial charge in [0.1, 0.15) is 5.82 Å². The van der Waals surface area contributed by atoms with Gasteiger partial charge in [-0.15, -0.1) is 0 Å². The van der Waals surface area contributed by atoms with Gasteiger partial charge in [0.05, 0.1) is 33.1 Å². The Labute approximate surface area is 134 Å². The molecular formula is C14H9Cl2N3O3. The molecule has 0 atom stereocenters. The van der Waals surface area contributed by atoms with Crippen molar-refractivity contribution in [3.63, 3.8) is 0 Å². The molecule has 3 aromatic rings. The lowest BCUT2D eigenvalue weighted by molar-refractivity contribution is -0.384. The topological polar surface area (TPSA) is 81.1 Å². The van der Waals surface area contributed by atoms with Gasteiger partial charge < -0.3 is 9.72 Å². The summed E-state index contributed by atoms with van der Waals surface area (Å²) < 4.78 is 5.10. The predicted octanol–water partition coefficient (Wildman–Crippen LogP) is 4.45. The van der Waals surface area contributed by atoms with Crippen molar-refractivity contribution in [2.75, 3.05) is 7.11 Å². The second-order valence-electron chi connectivity index (χ2n) is 4.52. The fraction of sp³-hybridized carbons (Fsp3) is 0.0714. The number of fused-ring (bicyclic) bond motifs is 1. The summed E-state index contributed by atoms with van der Waals surface area (Å²) in [5.74, 6) is 0.904. The van der Waals surface area contributed by atoms with Gasteiger partial charge in [0.25, 0.3) is 5.69 Å². The van der Waals surface area contributed by atoms with Crippen LogP contribution in [0.4, 0.5) is 5.69 Å². The molecule has 0 bridgehead atoms. The number of nitro benzene ring substituents is 1. The Kier molecular flexibility index (Phi) is 3.64. The van der Waals surface area contributed by atoms with Crippen molar-refractivity contribution in [1.82, 2.24) is 9.97 Å². The molecule has 0 amide bonds. The van der Waals surface area contributed by atoms with Gasteiger partial charge in [-0.05, 0) is 18.2 Å². The summed E-state index contributed by atoms with van der Waals surface area (Å²) in [6, 6.07) is 7.75. The van der Waals surface area contributed by atoms with Gasteiger partial charge in [0.2, 0.25) is 0 Å². The van der Waals surface area contributed by atoms with E-state index in [4.69, 9.17) is 27.9 Å². The van der Waals surface area contributed by atoms with Crippen LogP contribution in [-0.4, -0.2) is 22.0 Å². The Hall–Kier alpha value is -2.31. The molecule has 1 N–H and O–H groups in total. The monoisotopic (exact) mass is 337 g/mol. The zero-order valence-electron chi connectivity index (χ0n) is 11.3. The molecule has 0 saturated heterocycles. The minimum absolute atomic E-state index is 0.00602. The van der Waals surface area contributed by atoms with Crippen LogP contribution in [0.1, 0.15) is 0 Å². The molecule has 6 nitrogen and oxygen atoms in total. The quantitative estimate of drug-likeness (QED) is 0.565. The smallest absolute Gasteiger partial charge is 0.271 e. The summed E-state index contributed by atoms with van der Waals surface area (Å²) >= 11 is 12.2. The average Bonchev–Trinajstić information content (AvgIpc) is 2.89. The molecule has 0 aliphatic carbocycles. The van der Waals surface area contributed by atoms with E-state index in [0.29, 0.717) is 38.2 Å². The molecular weight excluding hydrogens is 329 g/mol. The van der Waals surface area contributed by atoms with Gasteiger partial charge >= 0.3 is 0 Å². The highest BCUT2D eigenvalue weighted by Gasteiger charge is 2.14. The number of aromatic amines is 1. The average molecular weight is 338 g/mol. The molecule has 1 heterocycles. The van der Waals surface area contributed by atoms with Crippen LogP contribution in [0.3, 0.4) is 0 Å². The van der Waals surface area contributed by atoms with Crippen molar-refractivity contribution in [3.05, 3.63) is 50.5 Å². The van der Waals surface area contributed by atoms with E-state index in [2.05, 4.69) is 9.97 Å². The number of rotatable bonds is 3. The molecule has 0 unspecified atom stereocenters. The van der Waals surface area contributed by atoms with Crippen LogP contribution in [-0.2, 0) is 0 Å². The lowest BCUT2D eigenvalue weighted by Crippen LogP contribution is -1.88. The van der Waals surface area contributed by atoms with Gasteiger partial charge in [-0.1, -0.05) is 23.2 Å². The normalized spacial score (nSPS) is 10.9. The van der Waals surface area contributed by atoms with Crippen molar-refractivity contribution in [2.45, 2.75) is 0 Å². The molecule has 0 fully saturated rings. The maximum Gasteiger partial charge on any atom is 0.271 e. The van der Waals surface area contributed by atoms with E-state index < -0.39 is 4.92 Å². The number of hydrogen-bond acceptors (Lipinski definition) is 4. The van der Waals surface area contributed by atoms with Gasteiger partial charge in [0.15, 0.2) is 5.75 Å². The Bertz CT molecular complexity index is 869. The number of nitro groups is 1. The first-order valence-corrected chi connectivity index (χ1v) is 6.92. The second kappa shape index (κ2) is 5.47. The molecule has 0 saturated carbocycles. The van der Waals surface area contributed by atoms with Crippen molar-refractivity contribution >= 4 is 39.9 Å². The second-order valence-corrected chi connectivity index (χ2v) is 5.33. The minimum atomic E-state index is -0.457. The molecule has 112 valence electrons. The number of aromatic nitrogens is 2. The summed E-state index contributed by atoms with van der Waals surface area (Å²) in [6.07, 6.45) is 0. The SMILES string of the molecule is COc1c(Cl)cc(-c2nc3ccc([N+](=O)[O-])cc3[nH]2)cc1Cl. The van der Waals surface area contributed by atoms with Gasteiger partial charge in [-0.25, -0.2) is 4.98 Å². The standard InChI is InChI=1S/C14H9Cl2N3O3/c1-22-13-9(15)4-7(5-10(13)16)14-17-11-3-2-8(19(20)21)6-12(11)18-14/h2-6H,1H3,(H,17,18). The molecule has 8 heteroatoms. The van der Waals surface area contributed by atoms with Crippen molar-refractivity contribution in [3.8, 4) is 17.1 Å². The lowest BCUT2D eigenvalue weighted by Gasteiger charge is -2.07. The number of nitrogens with zero attached hydrogens (tertiary/aromatic N) is 2. The highest BCUT2D eigenvalue weighted by atomic mass is 35.5. The van der Waals surface area contributed by atoms with E-state index in [1.165, 1.54) is 19.2 Å². The summed E-state index contributed by atoms with van der Waals surface area (Å²) in [5.41, 5.74) is 1.83. The van der Waals surface area contributed by atoms with E-state index in [-0.39, 0.29) is 5.69 Å². The Morgan fingerprint density at radius 2 is 1.91 bits per heavy atom. The number of H-pyrrole nitrogens is 1. The fourth-order valence-electron chi connectivity index (χ4n) is 2.14. The Morgan fingerprint density at radius 3 is 2.50 bits per heavy atom. The number of ether oxygens (including phenoxy) is 1. The third-order valence-electron chi connectivity index (χ3n) is 3.15. The summed E-state index contributed by atoms with van der Waals surface area (Å²) in [6.45, 7) is 0. The Balaban J connectivity index is 2.12. The number of halogens is 2. The van der Waals surface area contributed by atoms with E-state index in [0.717, 1.165) is 0 Å². The summed E-state index contributed by atoms with van der Waals surface area (Å²) in [7, 11) is 1.48. The van der Waals surface area contributed by atoms with E-state index in [1.807, 2.05) is 0 Å². The third-order valence-corrected chi connectivity index (χ3v) is 3.71. The third kappa shape index (κ3) is 2.47. The van der Waals surface area contributed by atoms with E-state index in [9.17, 15) is 10.1 Å². The number of benzene rings is 2. The first-order valence-electron chi connectivity index (χ1n) is 6.17. The zero-order chi connectivity index (χ0) is 15.9. The first kappa shape index (κ1) is 14.6. The Morgan fingerprint density at radius 1 is 1.23 bits per heavy atom. The van der Waals surface area contributed by atoms with Gasteiger partial charge in [-0.2, -0.15) is 0 Å². The number of imidazole rings is 1.